The monoisotopic (exact) mass is 150 g/mol. The maximum atomic E-state index is 4.11. The first kappa shape index (κ1) is 7.39. The normalized spacial score (nSPS) is 38.4. The van der Waals surface area contributed by atoms with Crippen LogP contribution in [0.25, 0.3) is 0 Å². The van der Waals surface area contributed by atoms with Crippen LogP contribution in [-0.4, -0.2) is 0 Å². The smallest absolute Gasteiger partial charge is 0.0149 e. The second-order valence-corrected chi connectivity index (χ2v) is 4.59. The summed E-state index contributed by atoms with van der Waals surface area (Å²) in [5, 5.41) is 0. The Hall–Kier alpha value is -0.260. The van der Waals surface area contributed by atoms with Gasteiger partial charge in [0.15, 0.2) is 0 Å². The number of hydrogen-bond donors (Lipinski definition) is 0. The first-order chi connectivity index (χ1) is 5.20. The van der Waals surface area contributed by atoms with Crippen molar-refractivity contribution >= 4 is 0 Å². The molecule has 11 heavy (non-hydrogen) atoms. The molecule has 0 bridgehead atoms. The first-order valence-electron chi connectivity index (χ1n) is 4.85. The third-order valence-corrected chi connectivity index (χ3v) is 3.33. The van der Waals surface area contributed by atoms with Gasteiger partial charge in [0.1, 0.15) is 0 Å². The fourth-order valence-corrected chi connectivity index (χ4v) is 2.42. The van der Waals surface area contributed by atoms with E-state index in [2.05, 4.69) is 20.4 Å². The molecule has 0 heterocycles. The fourth-order valence-electron chi connectivity index (χ4n) is 2.42. The van der Waals surface area contributed by atoms with E-state index in [9.17, 15) is 0 Å². The first-order valence-corrected chi connectivity index (χ1v) is 4.85. The molecule has 0 saturated heterocycles. The minimum absolute atomic E-state index is 0.894. The van der Waals surface area contributed by atoms with Gasteiger partial charge >= 0.3 is 0 Å². The molecule has 0 N–H and O–H groups in total. The van der Waals surface area contributed by atoms with Crippen LogP contribution in [0.2, 0.25) is 0 Å². The Bertz CT molecular complexity index is 176. The SMILES string of the molecule is C=C(C)C(C1CC1)C1CC1C. The fraction of sp³-hybridized carbons (Fsp3) is 0.818. The molecule has 3 atom stereocenters. The van der Waals surface area contributed by atoms with Crippen molar-refractivity contribution in [2.24, 2.45) is 23.7 Å². The Morgan fingerprint density at radius 2 is 2.00 bits per heavy atom. The van der Waals surface area contributed by atoms with E-state index in [4.69, 9.17) is 0 Å². The van der Waals surface area contributed by atoms with Gasteiger partial charge in [-0.2, -0.15) is 0 Å². The highest BCUT2D eigenvalue weighted by Crippen LogP contribution is 2.54. The molecule has 2 aliphatic rings. The molecule has 0 radical (unpaired) electrons. The molecule has 0 amide bonds. The quantitative estimate of drug-likeness (QED) is 0.542. The van der Waals surface area contributed by atoms with Crippen molar-refractivity contribution in [2.45, 2.75) is 33.1 Å². The van der Waals surface area contributed by atoms with Crippen molar-refractivity contribution in [1.82, 2.24) is 0 Å². The van der Waals surface area contributed by atoms with E-state index in [0.717, 1.165) is 23.7 Å². The van der Waals surface area contributed by atoms with Crippen LogP contribution in [0.1, 0.15) is 33.1 Å². The van der Waals surface area contributed by atoms with Gasteiger partial charge in [-0.1, -0.05) is 19.1 Å². The van der Waals surface area contributed by atoms with Crippen LogP contribution < -0.4 is 0 Å². The molecule has 3 unspecified atom stereocenters. The lowest BCUT2D eigenvalue weighted by atomic mass is 9.90. The Morgan fingerprint density at radius 1 is 1.45 bits per heavy atom. The molecule has 2 aliphatic carbocycles. The van der Waals surface area contributed by atoms with Crippen LogP contribution in [-0.2, 0) is 0 Å². The predicted octanol–water partition coefficient (Wildman–Crippen LogP) is 3.24. The van der Waals surface area contributed by atoms with Crippen LogP contribution in [0, 0.1) is 23.7 Å². The van der Waals surface area contributed by atoms with E-state index in [1.165, 1.54) is 24.8 Å². The second kappa shape index (κ2) is 2.36. The number of allylic oxidation sites excluding steroid dienone is 1. The standard InChI is InChI=1S/C11H18/c1-7(2)11(9-4-5-9)10-6-8(10)3/h8-11H,1,4-6H2,2-3H3. The second-order valence-electron chi connectivity index (χ2n) is 4.59. The van der Waals surface area contributed by atoms with E-state index < -0.39 is 0 Å². The van der Waals surface area contributed by atoms with Gasteiger partial charge in [-0.05, 0) is 49.9 Å². The van der Waals surface area contributed by atoms with Crippen LogP contribution in [0.15, 0.2) is 12.2 Å². The van der Waals surface area contributed by atoms with Gasteiger partial charge in [-0.3, -0.25) is 0 Å². The van der Waals surface area contributed by atoms with Crippen LogP contribution in [0.3, 0.4) is 0 Å². The summed E-state index contributed by atoms with van der Waals surface area (Å²) in [5.74, 6) is 3.93. The van der Waals surface area contributed by atoms with Crippen molar-refractivity contribution in [3.8, 4) is 0 Å². The maximum absolute atomic E-state index is 4.11. The average molecular weight is 150 g/mol. The zero-order valence-electron chi connectivity index (χ0n) is 7.64. The molecule has 0 spiro atoms. The van der Waals surface area contributed by atoms with Crippen molar-refractivity contribution < 1.29 is 0 Å². The molecule has 2 fully saturated rings. The van der Waals surface area contributed by atoms with Gasteiger partial charge in [0.2, 0.25) is 0 Å². The van der Waals surface area contributed by atoms with Crippen molar-refractivity contribution in [1.29, 1.82) is 0 Å². The van der Waals surface area contributed by atoms with Crippen LogP contribution >= 0.6 is 0 Å². The van der Waals surface area contributed by atoms with Gasteiger partial charge in [-0.25, -0.2) is 0 Å². The van der Waals surface area contributed by atoms with Gasteiger partial charge in [0.05, 0.1) is 0 Å². The lowest BCUT2D eigenvalue weighted by Crippen LogP contribution is -2.07. The zero-order valence-corrected chi connectivity index (χ0v) is 7.64. The summed E-state index contributed by atoms with van der Waals surface area (Å²) < 4.78 is 0. The average Bonchev–Trinajstić information content (AvgIpc) is 2.72. The third kappa shape index (κ3) is 1.36. The van der Waals surface area contributed by atoms with Gasteiger partial charge in [0, 0.05) is 0 Å². The molecule has 0 aromatic carbocycles. The van der Waals surface area contributed by atoms with E-state index in [-0.39, 0.29) is 0 Å². The zero-order chi connectivity index (χ0) is 8.01. The topological polar surface area (TPSA) is 0 Å². The summed E-state index contributed by atoms with van der Waals surface area (Å²) in [5.41, 5.74) is 1.45. The molecule has 0 aromatic rings. The molecule has 0 heteroatoms. The lowest BCUT2D eigenvalue weighted by molar-refractivity contribution is 0.453. The highest BCUT2D eigenvalue weighted by molar-refractivity contribution is 5.10. The van der Waals surface area contributed by atoms with Crippen molar-refractivity contribution in [3.05, 3.63) is 12.2 Å². The lowest BCUT2D eigenvalue weighted by Gasteiger charge is -2.15. The Balaban J connectivity index is 1.98. The van der Waals surface area contributed by atoms with Gasteiger partial charge in [0.25, 0.3) is 0 Å². The minimum Gasteiger partial charge on any atom is -0.0998 e. The number of hydrogen-bond acceptors (Lipinski definition) is 0. The maximum Gasteiger partial charge on any atom is -0.0149 e. The molecular weight excluding hydrogens is 132 g/mol. The molecule has 62 valence electrons. The van der Waals surface area contributed by atoms with Gasteiger partial charge in [-0.15, -0.1) is 0 Å². The number of rotatable bonds is 3. The van der Waals surface area contributed by atoms with E-state index in [1.54, 1.807) is 0 Å². The minimum atomic E-state index is 0.894. The Kier molecular flexibility index (Phi) is 1.59. The summed E-state index contributed by atoms with van der Waals surface area (Å²) >= 11 is 0. The summed E-state index contributed by atoms with van der Waals surface area (Å²) in [6, 6.07) is 0. The molecule has 0 aromatic heterocycles. The molecule has 0 aliphatic heterocycles. The molecule has 0 nitrogen and oxygen atoms in total. The predicted molar refractivity (Wildman–Crippen MR) is 48.3 cm³/mol. The Labute approximate surface area is 69.7 Å². The Morgan fingerprint density at radius 3 is 2.27 bits per heavy atom. The largest absolute Gasteiger partial charge is 0.0998 e. The van der Waals surface area contributed by atoms with Crippen LogP contribution in [0.4, 0.5) is 0 Å². The highest BCUT2D eigenvalue weighted by Gasteiger charge is 2.46. The van der Waals surface area contributed by atoms with E-state index in [0.29, 0.717) is 0 Å². The summed E-state index contributed by atoms with van der Waals surface area (Å²) in [6.07, 6.45) is 4.41. The third-order valence-electron chi connectivity index (χ3n) is 3.33. The molecular formula is C11H18. The van der Waals surface area contributed by atoms with E-state index >= 15 is 0 Å². The summed E-state index contributed by atoms with van der Waals surface area (Å²) in [4.78, 5) is 0. The van der Waals surface area contributed by atoms with Crippen LogP contribution in [0.5, 0.6) is 0 Å². The van der Waals surface area contributed by atoms with E-state index in [1.807, 2.05) is 0 Å². The summed E-state index contributed by atoms with van der Waals surface area (Å²) in [7, 11) is 0. The summed E-state index contributed by atoms with van der Waals surface area (Å²) in [6.45, 7) is 8.71. The molecule has 2 rings (SSSR count). The van der Waals surface area contributed by atoms with Crippen molar-refractivity contribution in [2.75, 3.05) is 0 Å². The van der Waals surface area contributed by atoms with Gasteiger partial charge < -0.3 is 0 Å². The molecule has 2 saturated carbocycles. The van der Waals surface area contributed by atoms with Crippen molar-refractivity contribution in [3.63, 3.8) is 0 Å². The highest BCUT2D eigenvalue weighted by atomic mass is 14.5.